The summed E-state index contributed by atoms with van der Waals surface area (Å²) in [6.45, 7) is 5.34. The third kappa shape index (κ3) is 7.22. The number of urea groups is 1. The average Bonchev–Trinajstić information content (AvgIpc) is 4.07. The van der Waals surface area contributed by atoms with Gasteiger partial charge in [-0.15, -0.1) is 0 Å². The van der Waals surface area contributed by atoms with Crippen molar-refractivity contribution in [1.29, 1.82) is 0 Å². The van der Waals surface area contributed by atoms with Crippen molar-refractivity contribution in [3.8, 4) is 0 Å². The molecule has 0 radical (unpaired) electrons. The molecule has 2 saturated heterocycles. The number of nitrogen functional groups attached to an aromatic ring is 2. The van der Waals surface area contributed by atoms with Crippen LogP contribution in [0.15, 0.2) is 12.7 Å². The van der Waals surface area contributed by atoms with E-state index in [-0.39, 0.29) is 67.2 Å². The molecule has 12 N–H and O–H groups in total. The van der Waals surface area contributed by atoms with Crippen LogP contribution in [0.4, 0.5) is 28.3 Å². The first-order chi connectivity index (χ1) is 27.8. The lowest BCUT2D eigenvalue weighted by molar-refractivity contribution is -0.123. The summed E-state index contributed by atoms with van der Waals surface area (Å²) in [5, 5.41) is 54.8. The van der Waals surface area contributed by atoms with Crippen molar-refractivity contribution in [2.45, 2.75) is 113 Å². The molecule has 4 aromatic rings. The fraction of sp³-hybridized carbons (Fsp3) is 0.629. The minimum atomic E-state index is -1.17. The first-order valence-electron chi connectivity index (χ1n) is 19.7. The summed E-state index contributed by atoms with van der Waals surface area (Å²) in [5.41, 5.74) is 14.1. The maximum atomic E-state index is 13.2. The molecular formula is C35H50N16O7. The first-order valence-corrected chi connectivity index (χ1v) is 19.7. The summed E-state index contributed by atoms with van der Waals surface area (Å²) in [6, 6.07) is -3.27. The van der Waals surface area contributed by atoms with Gasteiger partial charge in [-0.2, -0.15) is 19.9 Å². The van der Waals surface area contributed by atoms with Gasteiger partial charge >= 0.3 is 6.03 Å². The maximum Gasteiger partial charge on any atom is 0.315 e. The van der Waals surface area contributed by atoms with E-state index in [1.54, 1.807) is 23.0 Å². The second kappa shape index (κ2) is 15.6. The molecular weight excluding hydrogens is 756 g/mol. The fourth-order valence-electron chi connectivity index (χ4n) is 8.62. The number of hydrogen-bond acceptors (Lipinski definition) is 17. The Morgan fingerprint density at radius 2 is 1.07 bits per heavy atom. The van der Waals surface area contributed by atoms with Crippen LogP contribution in [0.2, 0.25) is 0 Å². The first kappa shape index (κ1) is 39.2. The second-order valence-electron chi connectivity index (χ2n) is 15.6. The van der Waals surface area contributed by atoms with Crippen molar-refractivity contribution in [3.63, 3.8) is 0 Å². The Kier molecular flexibility index (Phi) is 10.5. The van der Waals surface area contributed by atoms with Crippen LogP contribution in [0.1, 0.15) is 64.5 Å². The molecule has 4 aromatic heterocycles. The molecule has 0 unspecified atom stereocenters. The second-order valence-corrected chi connectivity index (χ2v) is 15.6. The van der Waals surface area contributed by atoms with Gasteiger partial charge < -0.3 is 72.1 Å². The lowest BCUT2D eigenvalue weighted by Gasteiger charge is -2.21. The van der Waals surface area contributed by atoms with Gasteiger partial charge in [0.2, 0.25) is 23.7 Å². The van der Waals surface area contributed by atoms with Crippen molar-refractivity contribution in [2.24, 2.45) is 0 Å². The third-order valence-electron chi connectivity index (χ3n) is 11.8. The highest BCUT2D eigenvalue weighted by Crippen LogP contribution is 2.36. The van der Waals surface area contributed by atoms with Gasteiger partial charge in [-0.05, 0) is 25.7 Å². The topological polar surface area (TPSA) is 326 Å². The van der Waals surface area contributed by atoms with Gasteiger partial charge in [-0.1, -0.05) is 13.8 Å². The van der Waals surface area contributed by atoms with Crippen molar-refractivity contribution in [2.75, 3.05) is 47.4 Å². The monoisotopic (exact) mass is 806 g/mol. The van der Waals surface area contributed by atoms with Crippen molar-refractivity contribution >= 4 is 63.7 Å². The summed E-state index contributed by atoms with van der Waals surface area (Å²) in [7, 11) is 0. The number of nitrogens with two attached hydrogens (primary N) is 2. The van der Waals surface area contributed by atoms with Gasteiger partial charge in [0.15, 0.2) is 22.9 Å². The van der Waals surface area contributed by atoms with Crippen LogP contribution < -0.4 is 42.5 Å². The Morgan fingerprint density at radius 1 is 0.655 bits per heavy atom. The summed E-state index contributed by atoms with van der Waals surface area (Å²) in [5.74, 6) is 0.529. The molecule has 312 valence electrons. The van der Waals surface area contributed by atoms with Crippen LogP contribution in [0.25, 0.3) is 22.3 Å². The molecule has 4 aliphatic rings. The predicted molar refractivity (Wildman–Crippen MR) is 208 cm³/mol. The number of imidazole rings is 2. The number of carbonyl (C=O) groups is 3. The number of carbonyl (C=O) groups excluding carboxylic acids is 3. The number of anilines is 4. The molecule has 4 fully saturated rings. The number of aromatic nitrogens is 8. The lowest BCUT2D eigenvalue weighted by atomic mass is 10.2. The highest BCUT2D eigenvalue weighted by molar-refractivity contribution is 5.84. The molecule has 23 nitrogen and oxygen atoms in total. The van der Waals surface area contributed by atoms with Gasteiger partial charge in [0.1, 0.15) is 35.4 Å². The lowest BCUT2D eigenvalue weighted by Crippen LogP contribution is -2.48. The number of nitrogens with one attached hydrogen (secondary N) is 4. The fourth-order valence-corrected chi connectivity index (χ4v) is 8.62. The largest absolute Gasteiger partial charge is 0.388 e. The van der Waals surface area contributed by atoms with Crippen molar-refractivity contribution < 1.29 is 34.8 Å². The zero-order chi connectivity index (χ0) is 41.0. The standard InChI is InChI=1S/C35H50N16O7/c1-3-21(52)42-17-9-19(27(56)25(17)54)50-13-38-23-29(36)44-33(46-31(23)50)48-7-5-15(11-48)40-35(58)41-16-6-8-49(12-16)34-45-30(37)24-32(47-34)51(14-39-24)20-10-18(26(55)28(20)57)43-22(53)4-2/h13-20,25-28,54-57H,3-12H2,1-2H3,(H,42,52)(H,43,53)(H2,36,44,46)(H2,37,45,47)(H2,40,41,58)/t15-,16-,17+,18+,19-,20-,25-,26-,27+,28+/m1/s1. The molecule has 58 heavy (non-hydrogen) atoms. The Balaban J connectivity index is 0.883. The number of nitrogens with zero attached hydrogens (tertiary/aromatic N) is 10. The van der Waals surface area contributed by atoms with Gasteiger partial charge in [-0.3, -0.25) is 9.59 Å². The van der Waals surface area contributed by atoms with E-state index in [1.807, 2.05) is 9.80 Å². The zero-order valence-electron chi connectivity index (χ0n) is 32.1. The van der Waals surface area contributed by atoms with Gasteiger partial charge in [0, 0.05) is 51.1 Å². The number of rotatable bonds is 10. The third-order valence-corrected chi connectivity index (χ3v) is 11.8. The van der Waals surface area contributed by atoms with Gasteiger partial charge in [0.05, 0.1) is 36.8 Å². The normalized spacial score (nSPS) is 29.8. The van der Waals surface area contributed by atoms with E-state index < -0.39 is 48.6 Å². The van der Waals surface area contributed by atoms with Crippen LogP contribution >= 0.6 is 0 Å². The van der Waals surface area contributed by atoms with Crippen LogP contribution in [-0.4, -0.2) is 152 Å². The van der Waals surface area contributed by atoms with Crippen molar-refractivity contribution in [1.82, 2.24) is 60.3 Å². The summed E-state index contributed by atoms with van der Waals surface area (Å²) < 4.78 is 3.32. The highest BCUT2D eigenvalue weighted by Gasteiger charge is 2.45. The Bertz CT molecular complexity index is 2050. The number of fused-ring (bicyclic) bond motifs is 2. The molecule has 10 atom stereocenters. The SMILES string of the molecule is CCC(=O)N[C@H]1C[C@@H](n2cnc3c(N)nc(N4CC[C@@H](NC(=O)N[C@@H]5CCN(c6nc(N)c7ncn([C@@H]8C[C@H](NC(=O)CC)[C@@H](O)[C@H]8O)c7n6)C5)C4)nc32)[C@H](O)[C@@H]1O. The molecule has 2 saturated carbocycles. The van der Waals surface area contributed by atoms with Crippen LogP contribution in [0.3, 0.4) is 0 Å². The maximum absolute atomic E-state index is 13.2. The highest BCUT2D eigenvalue weighted by atomic mass is 16.3. The number of aliphatic hydroxyl groups excluding tert-OH is 4. The van der Waals surface area contributed by atoms with Gasteiger partial charge in [0.25, 0.3) is 0 Å². The van der Waals surface area contributed by atoms with E-state index in [2.05, 4.69) is 41.2 Å². The Morgan fingerprint density at radius 3 is 1.47 bits per heavy atom. The molecule has 0 aromatic carbocycles. The van der Waals surface area contributed by atoms with Crippen molar-refractivity contribution in [3.05, 3.63) is 12.7 Å². The summed E-state index contributed by atoms with van der Waals surface area (Å²) in [6.07, 6.45) is 0.601. The molecule has 0 bridgehead atoms. The number of aliphatic hydroxyl groups is 4. The smallest absolute Gasteiger partial charge is 0.315 e. The Labute approximate surface area is 331 Å². The van der Waals surface area contributed by atoms with Crippen LogP contribution in [0, 0.1) is 0 Å². The number of hydrogen-bond donors (Lipinski definition) is 10. The molecule has 2 aliphatic carbocycles. The summed E-state index contributed by atoms with van der Waals surface area (Å²) >= 11 is 0. The molecule has 8 rings (SSSR count). The molecule has 23 heteroatoms. The molecule has 2 aliphatic heterocycles. The van der Waals surface area contributed by atoms with E-state index in [0.717, 1.165) is 0 Å². The van der Waals surface area contributed by atoms with E-state index in [4.69, 9.17) is 21.4 Å². The van der Waals surface area contributed by atoms with Crippen LogP contribution in [0.5, 0.6) is 0 Å². The molecule has 6 heterocycles. The average molecular weight is 807 g/mol. The zero-order valence-corrected chi connectivity index (χ0v) is 32.1. The number of amides is 4. The quantitative estimate of drug-likeness (QED) is 0.0786. The predicted octanol–water partition coefficient (Wildman–Crippen LogP) is -2.59. The minimum absolute atomic E-state index is 0.151. The van der Waals surface area contributed by atoms with Crippen LogP contribution in [-0.2, 0) is 9.59 Å². The van der Waals surface area contributed by atoms with E-state index in [0.29, 0.717) is 73.2 Å². The van der Waals surface area contributed by atoms with Gasteiger partial charge in [-0.25, -0.2) is 14.8 Å². The molecule has 0 spiro atoms. The summed E-state index contributed by atoms with van der Waals surface area (Å²) in [4.78, 5) is 68.3. The minimum Gasteiger partial charge on any atom is -0.388 e. The molecule has 4 amide bonds. The Hall–Kier alpha value is -5.65. The van der Waals surface area contributed by atoms with E-state index in [9.17, 15) is 34.8 Å². The van der Waals surface area contributed by atoms with E-state index in [1.165, 1.54) is 12.7 Å². The van der Waals surface area contributed by atoms with E-state index >= 15 is 0 Å².